The number of halogens is 3. The molecule has 1 nitrogen and oxygen atoms in total. The predicted octanol–water partition coefficient (Wildman–Crippen LogP) is 6.45. The van der Waals surface area contributed by atoms with Crippen LogP contribution in [0.15, 0.2) is 51.4 Å². The zero-order chi connectivity index (χ0) is 15.0. The topological polar surface area (TPSA) is 12.9 Å². The maximum absolute atomic E-state index is 14.1. The number of benzene rings is 2. The van der Waals surface area contributed by atoms with Crippen molar-refractivity contribution in [1.82, 2.24) is 4.98 Å². The number of thiazole rings is 1. The molecule has 0 atom stereocenters. The first-order valence-corrected chi connectivity index (χ1v) is 8.65. The van der Waals surface area contributed by atoms with Gasteiger partial charge in [-0.25, -0.2) is 9.37 Å². The van der Waals surface area contributed by atoms with E-state index in [1.807, 2.05) is 37.3 Å². The van der Waals surface area contributed by atoms with Crippen LogP contribution in [0.25, 0.3) is 21.8 Å². The Kier molecular flexibility index (Phi) is 4.24. The lowest BCUT2D eigenvalue weighted by Crippen LogP contribution is -1.86. The van der Waals surface area contributed by atoms with Crippen LogP contribution in [0.3, 0.4) is 0 Å². The largest absolute Gasteiger partial charge is 0.236 e. The number of aromatic nitrogens is 1. The molecular weight excluding hydrogens is 417 g/mol. The van der Waals surface area contributed by atoms with Crippen molar-refractivity contribution in [2.24, 2.45) is 0 Å². The first kappa shape index (κ1) is 14.9. The van der Waals surface area contributed by atoms with E-state index in [9.17, 15) is 4.39 Å². The Labute approximate surface area is 143 Å². The van der Waals surface area contributed by atoms with E-state index in [4.69, 9.17) is 0 Å². The Balaban J connectivity index is 2.17. The van der Waals surface area contributed by atoms with Crippen molar-refractivity contribution in [2.45, 2.75) is 6.92 Å². The zero-order valence-electron chi connectivity index (χ0n) is 11.0. The number of hydrogen-bond donors (Lipinski definition) is 0. The molecule has 0 bridgehead atoms. The second kappa shape index (κ2) is 5.99. The van der Waals surface area contributed by atoms with Crippen LogP contribution in [0, 0.1) is 12.7 Å². The number of hydrogen-bond acceptors (Lipinski definition) is 2. The molecule has 1 heterocycles. The standard InChI is InChI=1S/C16H10Br2FNS/c1-9-15(10-5-2-3-6-11(10)17)20-16(21-9)14-12(18)7-4-8-13(14)19/h2-8H,1H3. The molecule has 0 radical (unpaired) electrons. The molecule has 0 fully saturated rings. The highest BCUT2D eigenvalue weighted by Crippen LogP contribution is 2.39. The van der Waals surface area contributed by atoms with E-state index < -0.39 is 0 Å². The van der Waals surface area contributed by atoms with E-state index in [2.05, 4.69) is 36.8 Å². The maximum atomic E-state index is 14.1. The van der Waals surface area contributed by atoms with Crippen LogP contribution in [0.4, 0.5) is 4.39 Å². The third-order valence-corrected chi connectivity index (χ3v) is 5.44. The summed E-state index contributed by atoms with van der Waals surface area (Å²) in [4.78, 5) is 5.71. The molecule has 2 aromatic carbocycles. The zero-order valence-corrected chi connectivity index (χ0v) is 15.0. The lowest BCUT2D eigenvalue weighted by atomic mass is 10.1. The molecule has 0 spiro atoms. The average Bonchev–Trinajstić information content (AvgIpc) is 2.81. The van der Waals surface area contributed by atoms with Gasteiger partial charge < -0.3 is 0 Å². The van der Waals surface area contributed by atoms with Gasteiger partial charge in [0.15, 0.2) is 0 Å². The second-order valence-corrected chi connectivity index (χ2v) is 7.41. The molecule has 0 aliphatic carbocycles. The van der Waals surface area contributed by atoms with Crippen LogP contribution in [-0.2, 0) is 0 Å². The summed E-state index contributed by atoms with van der Waals surface area (Å²) in [5, 5.41) is 0.684. The lowest BCUT2D eigenvalue weighted by molar-refractivity contribution is 0.630. The summed E-state index contributed by atoms with van der Waals surface area (Å²) < 4.78 is 15.8. The summed E-state index contributed by atoms with van der Waals surface area (Å²) in [5.41, 5.74) is 2.42. The molecular formula is C16H10Br2FNS. The first-order valence-electron chi connectivity index (χ1n) is 6.24. The monoisotopic (exact) mass is 425 g/mol. The highest BCUT2D eigenvalue weighted by Gasteiger charge is 2.17. The number of rotatable bonds is 2. The van der Waals surface area contributed by atoms with Crippen molar-refractivity contribution < 1.29 is 4.39 Å². The van der Waals surface area contributed by atoms with E-state index >= 15 is 0 Å². The molecule has 21 heavy (non-hydrogen) atoms. The molecule has 0 unspecified atom stereocenters. The van der Waals surface area contributed by atoms with Gasteiger partial charge in [-0.05, 0) is 41.1 Å². The normalized spacial score (nSPS) is 10.9. The van der Waals surface area contributed by atoms with Crippen LogP contribution in [-0.4, -0.2) is 4.98 Å². The number of nitrogens with zero attached hydrogens (tertiary/aromatic N) is 1. The van der Waals surface area contributed by atoms with Gasteiger partial charge in [-0.3, -0.25) is 0 Å². The van der Waals surface area contributed by atoms with Crippen molar-refractivity contribution >= 4 is 43.2 Å². The first-order chi connectivity index (χ1) is 10.1. The Morgan fingerprint density at radius 2 is 1.71 bits per heavy atom. The minimum Gasteiger partial charge on any atom is -0.236 e. The Hall–Kier alpha value is -1.04. The molecule has 5 heteroatoms. The van der Waals surface area contributed by atoms with Gasteiger partial charge in [0.25, 0.3) is 0 Å². The van der Waals surface area contributed by atoms with Gasteiger partial charge in [0, 0.05) is 19.4 Å². The summed E-state index contributed by atoms with van der Waals surface area (Å²) in [6.45, 7) is 2.00. The summed E-state index contributed by atoms with van der Waals surface area (Å²) >= 11 is 8.45. The highest BCUT2D eigenvalue weighted by atomic mass is 79.9. The second-order valence-electron chi connectivity index (χ2n) is 4.50. The van der Waals surface area contributed by atoms with Crippen LogP contribution in [0.1, 0.15) is 4.88 Å². The van der Waals surface area contributed by atoms with Gasteiger partial charge in [-0.1, -0.05) is 40.2 Å². The van der Waals surface area contributed by atoms with Gasteiger partial charge in [0.2, 0.25) is 0 Å². The van der Waals surface area contributed by atoms with E-state index in [0.717, 1.165) is 25.1 Å². The molecule has 0 aliphatic rings. The molecule has 3 aromatic rings. The maximum Gasteiger partial charge on any atom is 0.134 e. The summed E-state index contributed by atoms with van der Waals surface area (Å²) in [6, 6.07) is 12.9. The quantitative estimate of drug-likeness (QED) is 0.458. The van der Waals surface area contributed by atoms with Gasteiger partial charge in [-0.2, -0.15) is 0 Å². The minimum absolute atomic E-state index is 0.267. The smallest absolute Gasteiger partial charge is 0.134 e. The highest BCUT2D eigenvalue weighted by molar-refractivity contribution is 9.11. The summed E-state index contributed by atoms with van der Waals surface area (Å²) in [7, 11) is 0. The molecule has 1 aromatic heterocycles. The van der Waals surface area contributed by atoms with Gasteiger partial charge in [0.1, 0.15) is 10.8 Å². The Morgan fingerprint density at radius 1 is 1.00 bits per heavy atom. The average molecular weight is 427 g/mol. The summed E-state index contributed by atoms with van der Waals surface area (Å²) in [6.07, 6.45) is 0. The van der Waals surface area contributed by atoms with Crippen molar-refractivity contribution in [3.05, 3.63) is 62.1 Å². The molecule has 0 saturated carbocycles. The van der Waals surface area contributed by atoms with Crippen LogP contribution in [0.2, 0.25) is 0 Å². The molecule has 3 rings (SSSR count). The molecule has 0 N–H and O–H groups in total. The number of aryl methyl sites for hydroxylation is 1. The molecule has 0 aliphatic heterocycles. The van der Waals surface area contributed by atoms with Crippen molar-refractivity contribution in [3.8, 4) is 21.8 Å². The minimum atomic E-state index is -0.267. The van der Waals surface area contributed by atoms with E-state index in [-0.39, 0.29) is 5.82 Å². The SMILES string of the molecule is Cc1sc(-c2c(F)cccc2Br)nc1-c1ccccc1Br. The Bertz CT molecular complexity index is 794. The van der Waals surface area contributed by atoms with Crippen molar-refractivity contribution in [1.29, 1.82) is 0 Å². The van der Waals surface area contributed by atoms with Crippen molar-refractivity contribution in [3.63, 3.8) is 0 Å². The van der Waals surface area contributed by atoms with Crippen molar-refractivity contribution in [2.75, 3.05) is 0 Å². The summed E-state index contributed by atoms with van der Waals surface area (Å²) in [5.74, 6) is -0.267. The molecule has 0 amide bonds. The van der Waals surface area contributed by atoms with Crippen LogP contribution in [0.5, 0.6) is 0 Å². The van der Waals surface area contributed by atoms with E-state index in [1.54, 1.807) is 6.07 Å². The fraction of sp³-hybridized carbons (Fsp3) is 0.0625. The predicted molar refractivity (Wildman–Crippen MR) is 93.1 cm³/mol. The van der Waals surface area contributed by atoms with Gasteiger partial charge in [-0.15, -0.1) is 11.3 Å². The molecule has 0 saturated heterocycles. The van der Waals surface area contributed by atoms with Gasteiger partial charge >= 0.3 is 0 Å². The molecule has 106 valence electrons. The van der Waals surface area contributed by atoms with Crippen LogP contribution < -0.4 is 0 Å². The lowest BCUT2D eigenvalue weighted by Gasteiger charge is -2.02. The Morgan fingerprint density at radius 3 is 2.43 bits per heavy atom. The third kappa shape index (κ3) is 2.82. The fourth-order valence-electron chi connectivity index (χ4n) is 2.11. The van der Waals surface area contributed by atoms with Gasteiger partial charge in [0.05, 0.1) is 11.3 Å². The van der Waals surface area contributed by atoms with E-state index in [0.29, 0.717) is 10.6 Å². The third-order valence-electron chi connectivity index (χ3n) is 3.10. The van der Waals surface area contributed by atoms with Crippen LogP contribution >= 0.6 is 43.2 Å². The van der Waals surface area contributed by atoms with E-state index in [1.165, 1.54) is 17.4 Å². The fourth-order valence-corrected chi connectivity index (χ4v) is 4.23.